The molecule has 1 atom stereocenters. The van der Waals surface area contributed by atoms with E-state index in [1.165, 1.54) is 19.3 Å². The fraction of sp³-hybridized carbons (Fsp3) is 0.700. The Morgan fingerprint density at radius 3 is 2.93 bits per heavy atom. The predicted molar refractivity (Wildman–Crippen MR) is 111 cm³/mol. The molecule has 1 amide bonds. The Morgan fingerprint density at radius 2 is 2.14 bits per heavy atom. The molecular weight excluding hydrogens is 386 g/mol. The van der Waals surface area contributed by atoms with Crippen LogP contribution < -0.4 is 5.32 Å². The summed E-state index contributed by atoms with van der Waals surface area (Å²) in [6.45, 7) is 4.43. The summed E-state index contributed by atoms with van der Waals surface area (Å²) in [6.07, 6.45) is 8.78. The van der Waals surface area contributed by atoms with E-state index in [0.717, 1.165) is 62.8 Å². The van der Waals surface area contributed by atoms with Crippen LogP contribution >= 0.6 is 11.3 Å². The van der Waals surface area contributed by atoms with Crippen molar-refractivity contribution in [3.05, 3.63) is 28.2 Å². The molecule has 9 heteroatoms. The second-order valence-electron chi connectivity index (χ2n) is 8.80. The monoisotopic (exact) mass is 415 g/mol. The molecular formula is C20H29N7OS. The smallest absolute Gasteiger partial charge is 0.289 e. The van der Waals surface area contributed by atoms with Gasteiger partial charge in [0.05, 0.1) is 18.6 Å². The average Bonchev–Trinajstić information content (AvgIpc) is 3.45. The van der Waals surface area contributed by atoms with E-state index in [2.05, 4.69) is 41.9 Å². The molecule has 2 aromatic heterocycles. The zero-order valence-corrected chi connectivity index (χ0v) is 17.8. The van der Waals surface area contributed by atoms with Crippen LogP contribution in [0.1, 0.15) is 60.0 Å². The minimum Gasteiger partial charge on any atom is -0.347 e. The van der Waals surface area contributed by atoms with Gasteiger partial charge in [-0.05, 0) is 26.3 Å². The molecule has 1 N–H and O–H groups in total. The van der Waals surface area contributed by atoms with E-state index in [1.54, 1.807) is 11.3 Å². The van der Waals surface area contributed by atoms with E-state index in [4.69, 9.17) is 0 Å². The average molecular weight is 416 g/mol. The Labute approximate surface area is 175 Å². The molecule has 0 aromatic carbocycles. The lowest BCUT2D eigenvalue weighted by atomic mass is 9.94. The number of aromatic nitrogens is 4. The normalized spacial score (nSPS) is 26.1. The van der Waals surface area contributed by atoms with Crippen molar-refractivity contribution >= 4 is 17.2 Å². The number of likely N-dealkylation sites (tertiary alicyclic amines) is 1. The van der Waals surface area contributed by atoms with E-state index in [9.17, 15) is 4.79 Å². The van der Waals surface area contributed by atoms with Gasteiger partial charge in [0.25, 0.3) is 5.91 Å². The van der Waals surface area contributed by atoms with Crippen LogP contribution in [0.2, 0.25) is 0 Å². The largest absolute Gasteiger partial charge is 0.347 e. The SMILES string of the molecule is CN1Cc2nnc(C(=O)NC3CCCCC3)n2C[C@@]12CCN(Cc1nccs1)C2. The number of fused-ring (bicyclic) bond motifs is 1. The summed E-state index contributed by atoms with van der Waals surface area (Å²) in [4.78, 5) is 22.3. The van der Waals surface area contributed by atoms with Crippen LogP contribution in [0.5, 0.6) is 0 Å². The lowest BCUT2D eigenvalue weighted by molar-refractivity contribution is 0.0646. The maximum absolute atomic E-state index is 12.9. The first-order chi connectivity index (χ1) is 14.1. The Balaban J connectivity index is 1.31. The Bertz CT molecular complexity index is 860. The summed E-state index contributed by atoms with van der Waals surface area (Å²) < 4.78 is 2.07. The molecule has 0 unspecified atom stereocenters. The Morgan fingerprint density at radius 1 is 1.28 bits per heavy atom. The van der Waals surface area contributed by atoms with Crippen LogP contribution in [0.3, 0.4) is 0 Å². The molecule has 1 aliphatic carbocycles. The van der Waals surface area contributed by atoms with Crippen LogP contribution in [0, 0.1) is 0 Å². The minimum atomic E-state index is -0.0620. The molecule has 1 saturated carbocycles. The van der Waals surface area contributed by atoms with Crippen LogP contribution in [-0.2, 0) is 19.6 Å². The molecule has 2 aliphatic heterocycles. The second-order valence-corrected chi connectivity index (χ2v) is 9.78. The van der Waals surface area contributed by atoms with E-state index < -0.39 is 0 Å². The molecule has 0 radical (unpaired) electrons. The van der Waals surface area contributed by atoms with E-state index in [1.807, 2.05) is 11.6 Å². The van der Waals surface area contributed by atoms with Crippen molar-refractivity contribution < 1.29 is 4.79 Å². The van der Waals surface area contributed by atoms with Crippen molar-refractivity contribution in [2.75, 3.05) is 20.1 Å². The van der Waals surface area contributed by atoms with Gasteiger partial charge in [0.2, 0.25) is 5.82 Å². The summed E-state index contributed by atoms with van der Waals surface area (Å²) in [5.74, 6) is 1.31. The highest BCUT2D eigenvalue weighted by Gasteiger charge is 2.46. The number of nitrogens with zero attached hydrogens (tertiary/aromatic N) is 6. The highest BCUT2D eigenvalue weighted by molar-refractivity contribution is 7.09. The lowest BCUT2D eigenvalue weighted by Crippen LogP contribution is -2.55. The summed E-state index contributed by atoms with van der Waals surface area (Å²) in [5.41, 5.74) is 0.0203. The molecule has 1 saturated heterocycles. The number of amides is 1. The third-order valence-electron chi connectivity index (χ3n) is 6.87. The van der Waals surface area contributed by atoms with Crippen molar-refractivity contribution in [2.24, 2.45) is 0 Å². The van der Waals surface area contributed by atoms with Gasteiger partial charge in [-0.3, -0.25) is 14.6 Å². The minimum absolute atomic E-state index is 0.0203. The Kier molecular flexibility index (Phi) is 5.13. The van der Waals surface area contributed by atoms with Gasteiger partial charge in [0.1, 0.15) is 10.8 Å². The van der Waals surface area contributed by atoms with Crippen LogP contribution in [0.4, 0.5) is 0 Å². The Hall–Kier alpha value is -1.84. The van der Waals surface area contributed by atoms with Crippen LogP contribution in [0.25, 0.3) is 0 Å². The second kappa shape index (κ2) is 7.77. The van der Waals surface area contributed by atoms with Crippen molar-refractivity contribution in [1.29, 1.82) is 0 Å². The molecule has 29 heavy (non-hydrogen) atoms. The topological polar surface area (TPSA) is 79.2 Å². The third kappa shape index (κ3) is 3.71. The van der Waals surface area contributed by atoms with Crippen molar-refractivity contribution in [3.8, 4) is 0 Å². The lowest BCUT2D eigenvalue weighted by Gasteiger charge is -2.42. The first-order valence-electron chi connectivity index (χ1n) is 10.7. The highest BCUT2D eigenvalue weighted by Crippen LogP contribution is 2.34. The fourth-order valence-corrected chi connectivity index (χ4v) is 5.77. The number of thiazole rings is 1. The number of carbonyl (C=O) groups excluding carboxylic acids is 1. The fourth-order valence-electron chi connectivity index (χ4n) is 5.12. The zero-order chi connectivity index (χ0) is 19.8. The van der Waals surface area contributed by atoms with Crippen LogP contribution in [-0.4, -0.2) is 67.2 Å². The number of hydrogen-bond donors (Lipinski definition) is 1. The van der Waals surface area contributed by atoms with Gasteiger partial charge in [0, 0.05) is 37.3 Å². The summed E-state index contributed by atoms with van der Waals surface area (Å²) in [6, 6.07) is 0.282. The molecule has 156 valence electrons. The predicted octanol–water partition coefficient (Wildman–Crippen LogP) is 1.89. The third-order valence-corrected chi connectivity index (χ3v) is 7.63. The number of carbonyl (C=O) groups is 1. The van der Waals surface area contributed by atoms with Gasteiger partial charge < -0.3 is 9.88 Å². The summed E-state index contributed by atoms with van der Waals surface area (Å²) in [7, 11) is 2.17. The zero-order valence-electron chi connectivity index (χ0n) is 17.0. The van der Waals surface area contributed by atoms with Crippen molar-refractivity contribution in [1.82, 2.24) is 34.9 Å². The molecule has 2 fully saturated rings. The molecule has 5 rings (SSSR count). The van der Waals surface area contributed by atoms with Crippen molar-refractivity contribution in [3.63, 3.8) is 0 Å². The van der Waals surface area contributed by atoms with E-state index in [0.29, 0.717) is 5.82 Å². The quantitative estimate of drug-likeness (QED) is 0.822. The van der Waals surface area contributed by atoms with Gasteiger partial charge in [-0.25, -0.2) is 4.98 Å². The number of likely N-dealkylation sites (N-methyl/N-ethyl adjacent to an activating group) is 1. The van der Waals surface area contributed by atoms with Gasteiger partial charge in [-0.2, -0.15) is 0 Å². The van der Waals surface area contributed by atoms with Gasteiger partial charge in [-0.1, -0.05) is 19.3 Å². The molecule has 2 aromatic rings. The first-order valence-corrected chi connectivity index (χ1v) is 11.6. The molecule has 8 nitrogen and oxygen atoms in total. The van der Waals surface area contributed by atoms with E-state index in [-0.39, 0.29) is 17.5 Å². The van der Waals surface area contributed by atoms with Crippen LogP contribution in [0.15, 0.2) is 11.6 Å². The van der Waals surface area contributed by atoms with Crippen molar-refractivity contribution in [2.45, 2.75) is 69.7 Å². The van der Waals surface area contributed by atoms with Gasteiger partial charge in [0.15, 0.2) is 0 Å². The number of nitrogens with one attached hydrogen (secondary N) is 1. The molecule has 3 aliphatic rings. The maximum Gasteiger partial charge on any atom is 0.289 e. The highest BCUT2D eigenvalue weighted by atomic mass is 32.1. The summed E-state index contributed by atoms with van der Waals surface area (Å²) >= 11 is 1.71. The first kappa shape index (κ1) is 19.1. The standard InChI is InChI=1S/C20H29N7OS/c1-25-11-16-23-24-18(19(28)22-15-5-3-2-4-6-15)27(16)14-20(25)7-9-26(13-20)12-17-21-8-10-29-17/h8,10,15H,2-7,9,11-14H2,1H3,(H,22,28)/t20-/m0/s1. The molecule has 4 heterocycles. The summed E-state index contributed by atoms with van der Waals surface area (Å²) in [5, 5.41) is 15.0. The maximum atomic E-state index is 12.9. The van der Waals surface area contributed by atoms with E-state index >= 15 is 0 Å². The number of rotatable bonds is 4. The number of hydrogen-bond acceptors (Lipinski definition) is 7. The van der Waals surface area contributed by atoms with Gasteiger partial charge >= 0.3 is 0 Å². The molecule has 1 spiro atoms. The van der Waals surface area contributed by atoms with Gasteiger partial charge in [-0.15, -0.1) is 21.5 Å². The molecule has 0 bridgehead atoms.